The van der Waals surface area contributed by atoms with Crippen LogP contribution in [0.1, 0.15) is 22.5 Å². The number of para-hydroxylation sites is 1. The summed E-state index contributed by atoms with van der Waals surface area (Å²) in [7, 11) is -2.01. The molecule has 0 aliphatic carbocycles. The topological polar surface area (TPSA) is 114 Å². The van der Waals surface area contributed by atoms with Gasteiger partial charge in [-0.15, -0.1) is 0 Å². The molecule has 0 saturated carbocycles. The van der Waals surface area contributed by atoms with E-state index in [-0.39, 0.29) is 17.8 Å². The fourth-order valence-corrected chi connectivity index (χ4v) is 4.46. The molecule has 1 aromatic carbocycles. The van der Waals surface area contributed by atoms with E-state index < -0.39 is 10.2 Å². The molecule has 1 amide bonds. The molecule has 10 heteroatoms. The number of hydrogen-bond acceptors (Lipinski definition) is 6. The molecule has 33 heavy (non-hydrogen) atoms. The molecule has 0 bridgehead atoms. The number of aryl methyl sites for hydroxylation is 2. The summed E-state index contributed by atoms with van der Waals surface area (Å²) in [5, 5.41) is 1.05. The first kappa shape index (κ1) is 23.0. The lowest BCUT2D eigenvalue weighted by molar-refractivity contribution is -0.125. The van der Waals surface area contributed by atoms with Crippen molar-refractivity contribution < 1.29 is 22.4 Å². The van der Waals surface area contributed by atoms with E-state index in [0.29, 0.717) is 25.3 Å². The number of nitrogens with one attached hydrogen (secondary N) is 2. The Balaban J connectivity index is 1.36. The first-order valence-electron chi connectivity index (χ1n) is 10.5. The number of nitrogens with zero attached hydrogens (tertiary/aromatic N) is 2. The van der Waals surface area contributed by atoms with Crippen LogP contribution in [0.2, 0.25) is 0 Å². The summed E-state index contributed by atoms with van der Waals surface area (Å²) < 4.78 is 39.9. The summed E-state index contributed by atoms with van der Waals surface area (Å²) in [6.07, 6.45) is 4.56. The van der Waals surface area contributed by atoms with E-state index in [1.54, 1.807) is 24.1 Å². The van der Waals surface area contributed by atoms with E-state index in [9.17, 15) is 13.2 Å². The standard InChI is InChI=1S/C23H26N4O5S/c1-15-5-4-6-19-16(2)20(32-23(15)19)12-27(3)22(28)10-8-17-7-9-21(24-11-17)26-33(29,30)25-18-13-31-14-18/h4-11,18,25H,12-14H2,1-3H3,(H,24,26)/b10-8+. The SMILES string of the molecule is Cc1c(CN(C)C(=O)/C=C/c2ccc(NS(=O)(=O)NC3COC3)nc2)oc2c(C)cccc12. The van der Waals surface area contributed by atoms with Gasteiger partial charge in [-0.2, -0.15) is 13.1 Å². The predicted octanol–water partition coefficient (Wildman–Crippen LogP) is 2.76. The molecule has 4 rings (SSSR count). The van der Waals surface area contributed by atoms with Crippen LogP contribution in [0.4, 0.5) is 5.82 Å². The van der Waals surface area contributed by atoms with Gasteiger partial charge in [0.05, 0.1) is 25.8 Å². The smallest absolute Gasteiger partial charge is 0.300 e. The number of rotatable bonds is 8. The molecule has 2 aromatic heterocycles. The molecule has 9 nitrogen and oxygen atoms in total. The highest BCUT2D eigenvalue weighted by Gasteiger charge is 2.24. The summed E-state index contributed by atoms with van der Waals surface area (Å²) in [6, 6.07) is 8.99. The molecular weight excluding hydrogens is 444 g/mol. The normalized spacial score (nSPS) is 14.5. The van der Waals surface area contributed by atoms with Crippen LogP contribution in [0.3, 0.4) is 0 Å². The first-order chi connectivity index (χ1) is 15.7. The van der Waals surface area contributed by atoms with Crippen LogP contribution in [0.25, 0.3) is 17.0 Å². The number of anilines is 1. The number of aromatic nitrogens is 1. The zero-order chi connectivity index (χ0) is 23.6. The Labute approximate surface area is 192 Å². The lowest BCUT2D eigenvalue weighted by Crippen LogP contribution is -2.50. The molecule has 3 heterocycles. The highest BCUT2D eigenvalue weighted by atomic mass is 32.2. The summed E-state index contributed by atoms with van der Waals surface area (Å²) in [5.41, 5.74) is 3.59. The quantitative estimate of drug-likeness (QED) is 0.490. The van der Waals surface area contributed by atoms with Crippen molar-refractivity contribution in [2.45, 2.75) is 26.4 Å². The van der Waals surface area contributed by atoms with Crippen molar-refractivity contribution in [2.24, 2.45) is 0 Å². The number of ether oxygens (including phenoxy) is 1. The van der Waals surface area contributed by atoms with E-state index in [0.717, 1.165) is 27.9 Å². The van der Waals surface area contributed by atoms with Gasteiger partial charge in [-0.25, -0.2) is 4.98 Å². The molecule has 0 atom stereocenters. The maximum absolute atomic E-state index is 12.6. The van der Waals surface area contributed by atoms with Gasteiger partial charge >= 0.3 is 10.2 Å². The second-order valence-corrected chi connectivity index (χ2v) is 9.51. The van der Waals surface area contributed by atoms with Crippen molar-refractivity contribution >= 4 is 39.0 Å². The molecule has 2 N–H and O–H groups in total. The molecule has 1 aliphatic heterocycles. The predicted molar refractivity (Wildman–Crippen MR) is 126 cm³/mol. The second-order valence-electron chi connectivity index (χ2n) is 8.06. The molecule has 1 aliphatic rings. The molecule has 1 saturated heterocycles. The maximum Gasteiger partial charge on any atom is 0.300 e. The van der Waals surface area contributed by atoms with Crippen molar-refractivity contribution in [1.82, 2.24) is 14.6 Å². The van der Waals surface area contributed by atoms with Gasteiger partial charge in [0, 0.05) is 30.3 Å². The fourth-order valence-electron chi connectivity index (χ4n) is 3.43. The van der Waals surface area contributed by atoms with Crippen molar-refractivity contribution in [3.63, 3.8) is 0 Å². The third-order valence-corrected chi connectivity index (χ3v) is 6.54. The van der Waals surface area contributed by atoms with Crippen molar-refractivity contribution in [1.29, 1.82) is 0 Å². The Morgan fingerprint density at radius 1 is 1.24 bits per heavy atom. The van der Waals surface area contributed by atoms with Gasteiger partial charge in [0.25, 0.3) is 0 Å². The average molecular weight is 471 g/mol. The van der Waals surface area contributed by atoms with Crippen molar-refractivity contribution in [2.75, 3.05) is 25.0 Å². The lowest BCUT2D eigenvalue weighted by atomic mass is 10.1. The van der Waals surface area contributed by atoms with Crippen LogP contribution in [-0.2, 0) is 26.3 Å². The molecule has 0 radical (unpaired) electrons. The van der Waals surface area contributed by atoms with Crippen LogP contribution in [0, 0.1) is 13.8 Å². The van der Waals surface area contributed by atoms with Crippen LogP contribution >= 0.6 is 0 Å². The number of furan rings is 1. The zero-order valence-electron chi connectivity index (χ0n) is 18.7. The minimum atomic E-state index is -3.72. The zero-order valence-corrected chi connectivity index (χ0v) is 19.5. The average Bonchev–Trinajstić information content (AvgIpc) is 3.07. The van der Waals surface area contributed by atoms with Crippen molar-refractivity contribution in [3.8, 4) is 0 Å². The molecule has 174 valence electrons. The highest BCUT2D eigenvalue weighted by molar-refractivity contribution is 7.90. The Kier molecular flexibility index (Phi) is 6.50. The monoisotopic (exact) mass is 470 g/mol. The third kappa shape index (κ3) is 5.41. The summed E-state index contributed by atoms with van der Waals surface area (Å²) >= 11 is 0. The van der Waals surface area contributed by atoms with Gasteiger partial charge in [-0.1, -0.05) is 18.2 Å². The van der Waals surface area contributed by atoms with E-state index in [1.165, 1.54) is 18.3 Å². The number of hydrogen-bond donors (Lipinski definition) is 2. The maximum atomic E-state index is 12.6. The Bertz CT molecular complexity index is 1290. The van der Waals surface area contributed by atoms with Crippen LogP contribution in [0.15, 0.2) is 47.0 Å². The largest absolute Gasteiger partial charge is 0.459 e. The summed E-state index contributed by atoms with van der Waals surface area (Å²) in [5.74, 6) is 0.742. The van der Waals surface area contributed by atoms with Gasteiger partial charge < -0.3 is 14.1 Å². The minimum Gasteiger partial charge on any atom is -0.459 e. The second kappa shape index (κ2) is 9.34. The lowest BCUT2D eigenvalue weighted by Gasteiger charge is -2.26. The summed E-state index contributed by atoms with van der Waals surface area (Å²) in [6.45, 7) is 5.05. The van der Waals surface area contributed by atoms with E-state index >= 15 is 0 Å². The molecule has 0 unspecified atom stereocenters. The van der Waals surface area contributed by atoms with E-state index in [2.05, 4.69) is 14.4 Å². The molecule has 0 spiro atoms. The first-order valence-corrected chi connectivity index (χ1v) is 11.9. The molecule has 1 fully saturated rings. The molecule has 3 aromatic rings. The number of benzene rings is 1. The number of pyridine rings is 1. The van der Waals surface area contributed by atoms with Crippen LogP contribution < -0.4 is 9.44 Å². The Hall–Kier alpha value is -3.21. The Morgan fingerprint density at radius 3 is 2.67 bits per heavy atom. The fraction of sp³-hybridized carbons (Fsp3) is 0.304. The number of carbonyl (C=O) groups is 1. The van der Waals surface area contributed by atoms with Gasteiger partial charge in [0.2, 0.25) is 5.91 Å². The van der Waals surface area contributed by atoms with Crippen molar-refractivity contribution in [3.05, 3.63) is 65.1 Å². The molecular formula is C23H26N4O5S. The summed E-state index contributed by atoms with van der Waals surface area (Å²) in [4.78, 5) is 18.2. The van der Waals surface area contributed by atoms with Gasteiger partial charge in [0.15, 0.2) is 0 Å². The van der Waals surface area contributed by atoms with Gasteiger partial charge in [-0.3, -0.25) is 9.52 Å². The van der Waals surface area contributed by atoms with Crippen LogP contribution in [-0.4, -0.2) is 50.5 Å². The van der Waals surface area contributed by atoms with E-state index in [1.807, 2.05) is 32.0 Å². The number of amides is 1. The number of carbonyl (C=O) groups excluding carboxylic acids is 1. The Morgan fingerprint density at radius 2 is 2.03 bits per heavy atom. The van der Waals surface area contributed by atoms with Gasteiger partial charge in [-0.05, 0) is 43.2 Å². The highest BCUT2D eigenvalue weighted by Crippen LogP contribution is 2.28. The minimum absolute atomic E-state index is 0.180. The number of likely N-dealkylation sites (N-methyl/N-ethyl adjacent to an activating group) is 1. The third-order valence-electron chi connectivity index (χ3n) is 5.42. The number of fused-ring (bicyclic) bond motifs is 1. The van der Waals surface area contributed by atoms with Crippen LogP contribution in [0.5, 0.6) is 0 Å². The van der Waals surface area contributed by atoms with E-state index in [4.69, 9.17) is 9.15 Å². The van der Waals surface area contributed by atoms with Gasteiger partial charge in [0.1, 0.15) is 17.2 Å².